The molecule has 0 radical (unpaired) electrons. The van der Waals surface area contributed by atoms with E-state index in [9.17, 15) is 9.59 Å². The summed E-state index contributed by atoms with van der Waals surface area (Å²) in [6.07, 6.45) is 0.996. The van der Waals surface area contributed by atoms with E-state index in [0.29, 0.717) is 6.54 Å². The number of carboxylic acid groups (broad SMARTS) is 1. The van der Waals surface area contributed by atoms with Gasteiger partial charge in [0.1, 0.15) is 6.61 Å². The lowest BCUT2D eigenvalue weighted by Crippen LogP contribution is -2.39. The number of ether oxygens (including phenoxy) is 1. The number of nitrogens with one attached hydrogen (secondary N) is 2. The van der Waals surface area contributed by atoms with Gasteiger partial charge in [-0.25, -0.2) is 9.59 Å². The molecule has 16 heavy (non-hydrogen) atoms. The molecule has 1 fully saturated rings. The fourth-order valence-electron chi connectivity index (χ4n) is 1.32. The summed E-state index contributed by atoms with van der Waals surface area (Å²) in [5.41, 5.74) is 0.206. The number of carbonyl (C=O) groups is 2. The molecule has 1 atom stereocenters. The molecule has 92 valence electrons. The third-order valence-electron chi connectivity index (χ3n) is 2.58. The van der Waals surface area contributed by atoms with Crippen LogP contribution < -0.4 is 10.6 Å². The maximum absolute atomic E-state index is 11.3. The van der Waals surface area contributed by atoms with E-state index >= 15 is 0 Å². The number of urea groups is 1. The van der Waals surface area contributed by atoms with Gasteiger partial charge in [-0.2, -0.15) is 0 Å². The lowest BCUT2D eigenvalue weighted by molar-refractivity contribution is -0.142. The van der Waals surface area contributed by atoms with Crippen LogP contribution in [-0.4, -0.2) is 42.9 Å². The topological polar surface area (TPSA) is 87.7 Å². The van der Waals surface area contributed by atoms with Crippen LogP contribution in [0.3, 0.4) is 0 Å². The number of carboxylic acids is 1. The summed E-state index contributed by atoms with van der Waals surface area (Å²) in [6, 6.07) is 0.0157. The first-order valence-electron chi connectivity index (χ1n) is 5.26. The molecule has 3 N–H and O–H groups in total. The first-order valence-corrected chi connectivity index (χ1v) is 5.26. The molecule has 1 aliphatic carbocycles. The van der Waals surface area contributed by atoms with E-state index in [4.69, 9.17) is 9.84 Å². The lowest BCUT2D eigenvalue weighted by Gasteiger charge is -2.08. The van der Waals surface area contributed by atoms with Crippen LogP contribution in [0.25, 0.3) is 0 Å². The van der Waals surface area contributed by atoms with Gasteiger partial charge in [0.15, 0.2) is 0 Å². The molecular weight excluding hydrogens is 212 g/mol. The monoisotopic (exact) mass is 230 g/mol. The van der Waals surface area contributed by atoms with Gasteiger partial charge in [0.25, 0.3) is 0 Å². The number of carbonyl (C=O) groups excluding carboxylic acids is 1. The zero-order valence-electron chi connectivity index (χ0n) is 9.58. The van der Waals surface area contributed by atoms with Gasteiger partial charge in [-0.3, -0.25) is 0 Å². The maximum Gasteiger partial charge on any atom is 0.329 e. The Kier molecular flexibility index (Phi) is 4.12. The number of aliphatic carboxylic acids is 1. The third-order valence-corrected chi connectivity index (χ3v) is 2.58. The van der Waals surface area contributed by atoms with E-state index in [1.54, 1.807) is 0 Å². The molecule has 0 saturated heterocycles. The van der Waals surface area contributed by atoms with Crippen LogP contribution in [0.2, 0.25) is 0 Å². The summed E-state index contributed by atoms with van der Waals surface area (Å²) in [5, 5.41) is 13.7. The Labute approximate surface area is 94.3 Å². The SMILES string of the molecule is CC1(C)CC1NC(=O)NCCOCC(=O)O. The minimum Gasteiger partial charge on any atom is -0.480 e. The molecule has 0 heterocycles. The highest BCUT2D eigenvalue weighted by molar-refractivity contribution is 5.74. The van der Waals surface area contributed by atoms with Gasteiger partial charge < -0.3 is 20.5 Å². The standard InChI is InChI=1S/C10H18N2O4/c1-10(2)5-7(10)12-9(15)11-3-4-16-6-8(13)14/h7H,3-6H2,1-2H3,(H,13,14)(H2,11,12,15). The van der Waals surface area contributed by atoms with Crippen LogP contribution in [0.4, 0.5) is 4.79 Å². The van der Waals surface area contributed by atoms with Crippen molar-refractivity contribution in [3.8, 4) is 0 Å². The molecule has 2 amide bonds. The fraction of sp³-hybridized carbons (Fsp3) is 0.800. The summed E-state index contributed by atoms with van der Waals surface area (Å²) in [4.78, 5) is 21.4. The highest BCUT2D eigenvalue weighted by Gasteiger charge is 2.46. The van der Waals surface area contributed by atoms with Gasteiger partial charge in [0, 0.05) is 12.6 Å². The Bertz CT molecular complexity index is 278. The summed E-state index contributed by atoms with van der Waals surface area (Å²) in [7, 11) is 0. The second-order valence-corrected chi connectivity index (χ2v) is 4.59. The van der Waals surface area contributed by atoms with E-state index in [1.165, 1.54) is 0 Å². The second-order valence-electron chi connectivity index (χ2n) is 4.59. The molecule has 0 bridgehead atoms. The highest BCUT2D eigenvalue weighted by atomic mass is 16.5. The van der Waals surface area contributed by atoms with Gasteiger partial charge in [0.2, 0.25) is 0 Å². The lowest BCUT2D eigenvalue weighted by atomic mass is 10.2. The van der Waals surface area contributed by atoms with E-state index in [1.807, 2.05) is 0 Å². The maximum atomic E-state index is 11.3. The number of amides is 2. The Hall–Kier alpha value is -1.30. The third kappa shape index (κ3) is 4.48. The summed E-state index contributed by atoms with van der Waals surface area (Å²) >= 11 is 0. The zero-order chi connectivity index (χ0) is 12.2. The molecule has 0 aromatic carbocycles. The molecule has 1 saturated carbocycles. The molecule has 0 aromatic rings. The largest absolute Gasteiger partial charge is 0.480 e. The summed E-state index contributed by atoms with van der Waals surface area (Å²) in [5.74, 6) is -1.01. The quantitative estimate of drug-likeness (QED) is 0.568. The van der Waals surface area contributed by atoms with Crippen LogP contribution >= 0.6 is 0 Å². The van der Waals surface area contributed by atoms with Gasteiger partial charge >= 0.3 is 12.0 Å². The normalized spacial score (nSPS) is 21.2. The van der Waals surface area contributed by atoms with Crippen molar-refractivity contribution in [2.75, 3.05) is 19.8 Å². The van der Waals surface area contributed by atoms with Gasteiger partial charge in [-0.1, -0.05) is 13.8 Å². The Morgan fingerprint density at radius 3 is 2.62 bits per heavy atom. The van der Waals surface area contributed by atoms with Crippen LogP contribution in [0.1, 0.15) is 20.3 Å². The van der Waals surface area contributed by atoms with Crippen molar-refractivity contribution < 1.29 is 19.4 Å². The predicted molar refractivity (Wildman–Crippen MR) is 57.2 cm³/mol. The van der Waals surface area contributed by atoms with Gasteiger partial charge in [0.05, 0.1) is 6.61 Å². The molecule has 1 aliphatic rings. The van der Waals surface area contributed by atoms with Crippen LogP contribution in [-0.2, 0) is 9.53 Å². The molecular formula is C10H18N2O4. The van der Waals surface area contributed by atoms with Crippen LogP contribution in [0.5, 0.6) is 0 Å². The number of hydrogen-bond donors (Lipinski definition) is 3. The Balaban J connectivity index is 1.97. The minimum atomic E-state index is -1.01. The number of hydrogen-bond acceptors (Lipinski definition) is 3. The van der Waals surface area contributed by atoms with E-state index in [0.717, 1.165) is 6.42 Å². The molecule has 6 heteroatoms. The Morgan fingerprint density at radius 2 is 2.12 bits per heavy atom. The molecule has 1 unspecified atom stereocenters. The number of rotatable bonds is 6. The highest BCUT2D eigenvalue weighted by Crippen LogP contribution is 2.44. The molecule has 1 rings (SSSR count). The molecule has 6 nitrogen and oxygen atoms in total. The first kappa shape index (κ1) is 12.8. The predicted octanol–water partition coefficient (Wildman–Crippen LogP) is 0.185. The van der Waals surface area contributed by atoms with Crippen molar-refractivity contribution in [1.29, 1.82) is 0 Å². The summed E-state index contributed by atoms with van der Waals surface area (Å²) in [6.45, 7) is 4.36. The fourth-order valence-corrected chi connectivity index (χ4v) is 1.32. The van der Waals surface area contributed by atoms with Gasteiger partial charge in [-0.05, 0) is 11.8 Å². The van der Waals surface area contributed by atoms with Crippen molar-refractivity contribution in [3.63, 3.8) is 0 Å². The minimum absolute atomic E-state index is 0.202. The summed E-state index contributed by atoms with van der Waals surface area (Å²) < 4.78 is 4.76. The van der Waals surface area contributed by atoms with Crippen molar-refractivity contribution in [1.82, 2.24) is 10.6 Å². The molecule has 0 aromatic heterocycles. The van der Waals surface area contributed by atoms with E-state index in [-0.39, 0.29) is 30.7 Å². The van der Waals surface area contributed by atoms with E-state index in [2.05, 4.69) is 24.5 Å². The van der Waals surface area contributed by atoms with Crippen molar-refractivity contribution >= 4 is 12.0 Å². The zero-order valence-corrected chi connectivity index (χ0v) is 9.58. The van der Waals surface area contributed by atoms with Crippen molar-refractivity contribution in [2.45, 2.75) is 26.3 Å². The van der Waals surface area contributed by atoms with E-state index < -0.39 is 5.97 Å². The smallest absolute Gasteiger partial charge is 0.329 e. The Morgan fingerprint density at radius 1 is 1.50 bits per heavy atom. The van der Waals surface area contributed by atoms with Crippen molar-refractivity contribution in [3.05, 3.63) is 0 Å². The average molecular weight is 230 g/mol. The molecule has 0 aliphatic heterocycles. The first-order chi connectivity index (χ1) is 7.42. The van der Waals surface area contributed by atoms with Crippen LogP contribution in [0, 0.1) is 5.41 Å². The van der Waals surface area contributed by atoms with Crippen LogP contribution in [0.15, 0.2) is 0 Å². The second kappa shape index (κ2) is 5.16. The average Bonchev–Trinajstić information content (AvgIpc) is 2.72. The van der Waals surface area contributed by atoms with Crippen molar-refractivity contribution in [2.24, 2.45) is 5.41 Å². The van der Waals surface area contributed by atoms with Gasteiger partial charge in [-0.15, -0.1) is 0 Å². The molecule has 0 spiro atoms.